The number of nitrogens with one attached hydrogen (secondary N) is 1. The molecule has 0 fully saturated rings. The zero-order valence-corrected chi connectivity index (χ0v) is 15.8. The van der Waals surface area contributed by atoms with Crippen LogP contribution in [0.4, 0.5) is 32.0 Å². The minimum atomic E-state index is -4.80. The summed E-state index contributed by atoms with van der Waals surface area (Å²) >= 11 is 0. The van der Waals surface area contributed by atoms with Crippen LogP contribution in [0.3, 0.4) is 0 Å². The number of carbonyl (C=O) groups excluding carboxylic acids is 1. The monoisotopic (exact) mass is 425 g/mol. The quantitative estimate of drug-likeness (QED) is 0.320. The van der Waals surface area contributed by atoms with Crippen LogP contribution in [0.1, 0.15) is 23.6 Å². The molecule has 0 aliphatic rings. The van der Waals surface area contributed by atoms with E-state index in [4.69, 9.17) is 0 Å². The Balaban J connectivity index is 2.30. The maximum absolute atomic E-state index is 14.5. The molecule has 8 heteroatoms. The Bertz CT molecular complexity index is 1040. The summed E-state index contributed by atoms with van der Waals surface area (Å²) in [4.78, 5) is 12.2. The van der Waals surface area contributed by atoms with Crippen LogP contribution in [0.15, 0.2) is 72.6 Å². The number of carbonyl (C=O) groups is 1. The van der Waals surface area contributed by atoms with Crippen molar-refractivity contribution >= 4 is 11.6 Å². The maximum atomic E-state index is 14.5. The third-order valence-corrected chi connectivity index (χ3v) is 4.14. The molecule has 1 amide bonds. The first-order valence-electron chi connectivity index (χ1n) is 8.57. The molecule has 158 valence electrons. The first-order valence-corrected chi connectivity index (χ1v) is 8.57. The van der Waals surface area contributed by atoms with Gasteiger partial charge in [0.1, 0.15) is 17.5 Å². The van der Waals surface area contributed by atoms with Gasteiger partial charge in [0.05, 0.1) is 11.1 Å². The van der Waals surface area contributed by atoms with Crippen molar-refractivity contribution in [1.29, 1.82) is 0 Å². The molecule has 0 atom stereocenters. The first-order chi connectivity index (χ1) is 13.9. The van der Waals surface area contributed by atoms with Gasteiger partial charge in [-0.05, 0) is 54.0 Å². The summed E-state index contributed by atoms with van der Waals surface area (Å²) in [6.07, 6.45) is -4.42. The van der Waals surface area contributed by atoms with E-state index < -0.39 is 41.5 Å². The van der Waals surface area contributed by atoms with E-state index in [1.54, 1.807) is 0 Å². The van der Waals surface area contributed by atoms with E-state index in [0.29, 0.717) is 6.07 Å². The van der Waals surface area contributed by atoms with Crippen molar-refractivity contribution in [1.82, 2.24) is 0 Å². The molecular weight excluding hydrogens is 408 g/mol. The minimum Gasteiger partial charge on any atom is -0.322 e. The summed E-state index contributed by atoms with van der Waals surface area (Å²) in [5.41, 5.74) is -1.88. The third kappa shape index (κ3) is 5.40. The van der Waals surface area contributed by atoms with Gasteiger partial charge in [0.25, 0.3) is 5.91 Å². The molecule has 2 aromatic rings. The van der Waals surface area contributed by atoms with Gasteiger partial charge in [0.2, 0.25) is 0 Å². The summed E-state index contributed by atoms with van der Waals surface area (Å²) < 4.78 is 80.8. The fourth-order valence-electron chi connectivity index (χ4n) is 2.74. The van der Waals surface area contributed by atoms with E-state index in [9.17, 15) is 31.1 Å². The number of benzene rings is 2. The van der Waals surface area contributed by atoms with E-state index in [0.717, 1.165) is 24.3 Å². The van der Waals surface area contributed by atoms with Crippen molar-refractivity contribution < 1.29 is 31.1 Å². The highest BCUT2D eigenvalue weighted by Gasteiger charge is 2.33. The predicted octanol–water partition coefficient (Wildman–Crippen LogP) is 6.50. The van der Waals surface area contributed by atoms with E-state index >= 15 is 0 Å². The maximum Gasteiger partial charge on any atom is 0.416 e. The van der Waals surface area contributed by atoms with Crippen molar-refractivity contribution in [3.05, 3.63) is 101 Å². The number of hydrogen-bond acceptors (Lipinski definition) is 1. The highest BCUT2D eigenvalue weighted by atomic mass is 19.4. The molecule has 30 heavy (non-hydrogen) atoms. The predicted molar refractivity (Wildman–Crippen MR) is 102 cm³/mol. The van der Waals surface area contributed by atoms with Gasteiger partial charge < -0.3 is 5.32 Å². The molecule has 0 aliphatic carbocycles. The van der Waals surface area contributed by atoms with Crippen LogP contribution in [0.5, 0.6) is 0 Å². The smallest absolute Gasteiger partial charge is 0.322 e. The Morgan fingerprint density at radius 3 is 2.27 bits per heavy atom. The summed E-state index contributed by atoms with van der Waals surface area (Å²) in [6.45, 7) is 8.14. The summed E-state index contributed by atoms with van der Waals surface area (Å²) in [7, 11) is 0. The SMILES string of the molecule is C=C/C(F)=C(\C(=C)C)C(=O)Nc1ccc(Cc2ccc(F)cc2C(F)(F)F)c(F)c1. The molecular formula is C22H17F6NO. The Morgan fingerprint density at radius 2 is 1.73 bits per heavy atom. The number of hydrogen-bond donors (Lipinski definition) is 1. The van der Waals surface area contributed by atoms with Gasteiger partial charge in [0.15, 0.2) is 0 Å². The zero-order chi connectivity index (χ0) is 22.6. The second-order valence-electron chi connectivity index (χ2n) is 6.44. The molecule has 0 aliphatic heterocycles. The molecule has 0 saturated heterocycles. The lowest BCUT2D eigenvalue weighted by atomic mass is 9.98. The standard InChI is InChI=1S/C22H17F6NO/c1-4-18(24)20(12(2)3)21(30)29-16-8-6-14(19(25)11-16)9-13-5-7-15(23)10-17(13)22(26,27)28/h4-8,10-11H,1-2,9H2,3H3,(H,29,30)/b20-18-. The molecule has 0 saturated carbocycles. The molecule has 2 rings (SSSR count). The Kier molecular flexibility index (Phi) is 6.92. The van der Waals surface area contributed by atoms with E-state index in [2.05, 4.69) is 18.5 Å². The number of halogens is 6. The molecule has 2 nitrogen and oxygen atoms in total. The van der Waals surface area contributed by atoms with Gasteiger partial charge in [-0.3, -0.25) is 4.79 Å². The van der Waals surface area contributed by atoms with Crippen molar-refractivity contribution in [2.24, 2.45) is 0 Å². The Hall–Kier alpha value is -3.29. The van der Waals surface area contributed by atoms with E-state index in [1.165, 1.54) is 19.1 Å². The van der Waals surface area contributed by atoms with Crippen LogP contribution in [0.2, 0.25) is 0 Å². The van der Waals surface area contributed by atoms with Gasteiger partial charge in [-0.2, -0.15) is 13.2 Å². The average molecular weight is 425 g/mol. The molecule has 0 heterocycles. The van der Waals surface area contributed by atoms with Crippen LogP contribution in [-0.2, 0) is 17.4 Å². The fourth-order valence-corrected chi connectivity index (χ4v) is 2.74. The van der Waals surface area contributed by atoms with E-state index in [1.807, 2.05) is 0 Å². The Labute approximate surface area is 169 Å². The van der Waals surface area contributed by atoms with E-state index in [-0.39, 0.29) is 28.0 Å². The van der Waals surface area contributed by atoms with Crippen molar-refractivity contribution in [2.75, 3.05) is 5.32 Å². The van der Waals surface area contributed by atoms with Crippen LogP contribution in [0, 0.1) is 11.6 Å². The number of amides is 1. The average Bonchev–Trinajstić information content (AvgIpc) is 2.64. The summed E-state index contributed by atoms with van der Waals surface area (Å²) in [6, 6.07) is 5.48. The normalized spacial score (nSPS) is 12.2. The van der Waals surface area contributed by atoms with Gasteiger partial charge in [0, 0.05) is 12.1 Å². The molecule has 0 spiro atoms. The highest BCUT2D eigenvalue weighted by molar-refractivity contribution is 6.07. The van der Waals surface area contributed by atoms with Gasteiger partial charge in [-0.1, -0.05) is 25.3 Å². The molecule has 0 aromatic heterocycles. The second-order valence-corrected chi connectivity index (χ2v) is 6.44. The zero-order valence-electron chi connectivity index (χ0n) is 15.8. The summed E-state index contributed by atoms with van der Waals surface area (Å²) in [5, 5.41) is 2.30. The lowest BCUT2D eigenvalue weighted by Crippen LogP contribution is -2.16. The van der Waals surface area contributed by atoms with Crippen LogP contribution in [-0.4, -0.2) is 5.91 Å². The van der Waals surface area contributed by atoms with Gasteiger partial charge >= 0.3 is 6.18 Å². The highest BCUT2D eigenvalue weighted by Crippen LogP contribution is 2.34. The number of rotatable bonds is 6. The number of alkyl halides is 3. The molecule has 0 radical (unpaired) electrons. The van der Waals surface area contributed by atoms with Crippen LogP contribution in [0.25, 0.3) is 0 Å². The van der Waals surface area contributed by atoms with Gasteiger partial charge in [-0.15, -0.1) is 0 Å². The van der Waals surface area contributed by atoms with Gasteiger partial charge in [-0.25, -0.2) is 13.2 Å². The Morgan fingerprint density at radius 1 is 1.10 bits per heavy atom. The molecule has 2 aromatic carbocycles. The molecule has 0 bridgehead atoms. The number of allylic oxidation sites excluding steroid dienone is 2. The summed E-state index contributed by atoms with van der Waals surface area (Å²) in [5.74, 6) is -3.74. The first kappa shape index (κ1) is 23.0. The third-order valence-electron chi connectivity index (χ3n) is 4.14. The topological polar surface area (TPSA) is 29.1 Å². The largest absolute Gasteiger partial charge is 0.416 e. The minimum absolute atomic E-state index is 0.0352. The molecule has 0 unspecified atom stereocenters. The second kappa shape index (κ2) is 9.02. The number of anilines is 1. The molecule has 1 N–H and O–H groups in total. The van der Waals surface area contributed by atoms with Crippen LogP contribution < -0.4 is 5.32 Å². The van der Waals surface area contributed by atoms with Crippen molar-refractivity contribution in [3.8, 4) is 0 Å². The van der Waals surface area contributed by atoms with Crippen LogP contribution >= 0.6 is 0 Å². The lowest BCUT2D eigenvalue weighted by Gasteiger charge is -2.14. The fraction of sp³-hybridized carbons (Fsp3) is 0.136. The van der Waals surface area contributed by atoms with Crippen molar-refractivity contribution in [2.45, 2.75) is 19.5 Å². The lowest BCUT2D eigenvalue weighted by molar-refractivity contribution is -0.138. The van der Waals surface area contributed by atoms with Crippen molar-refractivity contribution in [3.63, 3.8) is 0 Å².